The molecule has 1 fully saturated rings. The van der Waals surface area contributed by atoms with Crippen molar-refractivity contribution in [3.8, 4) is 5.69 Å². The molecule has 0 spiro atoms. The summed E-state index contributed by atoms with van der Waals surface area (Å²) in [4.78, 5) is 31.7. The van der Waals surface area contributed by atoms with Crippen LogP contribution in [-0.2, 0) is 0 Å². The molecule has 166 valence electrons. The van der Waals surface area contributed by atoms with Gasteiger partial charge in [0.25, 0.3) is 11.8 Å². The minimum absolute atomic E-state index is 0.0691. The van der Waals surface area contributed by atoms with Gasteiger partial charge in [-0.1, -0.05) is 11.8 Å². The molecule has 9 heteroatoms. The number of carbonyl (C=O) groups excluding carboxylic acids is 2. The van der Waals surface area contributed by atoms with Crippen molar-refractivity contribution in [1.82, 2.24) is 19.8 Å². The highest BCUT2D eigenvalue weighted by molar-refractivity contribution is 7.98. The molecular weight excluding hydrogens is 434 g/mol. The Morgan fingerprint density at radius 1 is 1.00 bits per heavy atom. The maximum atomic E-state index is 13.4. The number of aromatic nitrogens is 2. The molecule has 0 aliphatic carbocycles. The molecule has 0 unspecified atom stereocenters. The highest BCUT2D eigenvalue weighted by Gasteiger charge is 2.28. The Balaban J connectivity index is 1.43. The molecule has 2 aromatic carbocycles. The van der Waals surface area contributed by atoms with E-state index in [4.69, 9.17) is 0 Å². The number of likely N-dealkylation sites (tertiary alicyclic amines) is 1. The molecule has 0 bridgehead atoms. The summed E-state index contributed by atoms with van der Waals surface area (Å²) >= 11 is 1.40. The van der Waals surface area contributed by atoms with Crippen molar-refractivity contribution in [2.75, 3.05) is 19.3 Å². The van der Waals surface area contributed by atoms with E-state index >= 15 is 0 Å². The third kappa shape index (κ3) is 4.67. The van der Waals surface area contributed by atoms with Gasteiger partial charge in [0.05, 0.1) is 6.20 Å². The molecule has 1 saturated heterocycles. The van der Waals surface area contributed by atoms with Gasteiger partial charge in [0.1, 0.15) is 17.3 Å². The zero-order chi connectivity index (χ0) is 22.7. The summed E-state index contributed by atoms with van der Waals surface area (Å²) in [6, 6.07) is 11.3. The van der Waals surface area contributed by atoms with Crippen molar-refractivity contribution in [3.05, 3.63) is 77.6 Å². The molecule has 0 saturated carbocycles. The van der Waals surface area contributed by atoms with E-state index < -0.39 is 5.82 Å². The first-order valence-electron chi connectivity index (χ1n) is 10.2. The minimum Gasteiger partial charge on any atom is -0.349 e. The Bertz CT molecular complexity index is 1110. The van der Waals surface area contributed by atoms with Gasteiger partial charge in [-0.05, 0) is 67.6 Å². The van der Waals surface area contributed by atoms with E-state index in [1.807, 2.05) is 6.26 Å². The fourth-order valence-electron chi connectivity index (χ4n) is 3.73. The normalized spacial score (nSPS) is 14.4. The van der Waals surface area contributed by atoms with E-state index in [-0.39, 0.29) is 23.7 Å². The lowest BCUT2D eigenvalue weighted by Gasteiger charge is -2.32. The average Bonchev–Trinajstić information content (AvgIpc) is 3.24. The number of halogens is 2. The lowest BCUT2D eigenvalue weighted by molar-refractivity contribution is 0.0689. The minimum atomic E-state index is -0.391. The number of carbonyl (C=O) groups is 2. The fourth-order valence-corrected chi connectivity index (χ4v) is 4.27. The van der Waals surface area contributed by atoms with Gasteiger partial charge in [0, 0.05) is 30.4 Å². The van der Waals surface area contributed by atoms with Crippen LogP contribution in [0.4, 0.5) is 8.78 Å². The molecule has 3 aromatic rings. The van der Waals surface area contributed by atoms with Gasteiger partial charge in [-0.25, -0.2) is 13.8 Å². The topological polar surface area (TPSA) is 67.2 Å². The number of amides is 2. The van der Waals surface area contributed by atoms with Crippen LogP contribution in [0, 0.1) is 11.6 Å². The van der Waals surface area contributed by atoms with Crippen molar-refractivity contribution < 1.29 is 18.4 Å². The molecule has 6 nitrogen and oxygen atoms in total. The Morgan fingerprint density at radius 2 is 1.59 bits per heavy atom. The summed E-state index contributed by atoms with van der Waals surface area (Å²) in [5, 5.41) is 3.59. The van der Waals surface area contributed by atoms with Gasteiger partial charge < -0.3 is 10.2 Å². The number of benzene rings is 2. The second kappa shape index (κ2) is 9.52. The van der Waals surface area contributed by atoms with Crippen LogP contribution in [0.25, 0.3) is 5.69 Å². The highest BCUT2D eigenvalue weighted by atomic mass is 32.2. The summed E-state index contributed by atoms with van der Waals surface area (Å²) in [6.45, 7) is 0.965. The maximum Gasteiger partial charge on any atom is 0.272 e. The zero-order valence-corrected chi connectivity index (χ0v) is 18.2. The molecule has 4 rings (SSSR count). The number of thioether (sulfide) groups is 1. The summed E-state index contributed by atoms with van der Waals surface area (Å²) in [5.41, 5.74) is 1.48. The summed E-state index contributed by atoms with van der Waals surface area (Å²) in [6.07, 6.45) is 4.63. The molecule has 0 radical (unpaired) electrons. The van der Waals surface area contributed by atoms with Crippen LogP contribution in [0.2, 0.25) is 0 Å². The maximum absolute atomic E-state index is 13.4. The number of nitrogens with one attached hydrogen (secondary N) is 1. The third-order valence-corrected chi connectivity index (χ3v) is 6.09. The van der Waals surface area contributed by atoms with Crippen LogP contribution in [0.5, 0.6) is 0 Å². The van der Waals surface area contributed by atoms with Crippen molar-refractivity contribution in [1.29, 1.82) is 0 Å². The predicted molar refractivity (Wildman–Crippen MR) is 118 cm³/mol. The number of rotatable bonds is 5. The SMILES string of the molecule is CSc1ncc(C(=O)N2CCC(NC(=O)c3ccc(F)cc3)CC2)n1-c1ccc(F)cc1. The van der Waals surface area contributed by atoms with Crippen LogP contribution < -0.4 is 5.32 Å². The van der Waals surface area contributed by atoms with Crippen LogP contribution in [0.1, 0.15) is 33.7 Å². The first-order valence-corrected chi connectivity index (χ1v) is 11.4. The van der Waals surface area contributed by atoms with Crippen molar-refractivity contribution >= 4 is 23.6 Å². The molecule has 2 amide bonds. The quantitative estimate of drug-likeness (QED) is 0.592. The largest absolute Gasteiger partial charge is 0.349 e. The smallest absolute Gasteiger partial charge is 0.272 e. The Hall–Kier alpha value is -3.20. The van der Waals surface area contributed by atoms with Crippen molar-refractivity contribution in [2.24, 2.45) is 0 Å². The Morgan fingerprint density at radius 3 is 2.19 bits per heavy atom. The van der Waals surface area contributed by atoms with Crippen molar-refractivity contribution in [2.45, 2.75) is 24.0 Å². The van der Waals surface area contributed by atoms with Gasteiger partial charge in [0.2, 0.25) is 0 Å². The van der Waals surface area contributed by atoms with Crippen LogP contribution >= 0.6 is 11.8 Å². The zero-order valence-electron chi connectivity index (χ0n) is 17.4. The molecular formula is C23H22F2N4O2S. The van der Waals surface area contributed by atoms with Gasteiger partial charge >= 0.3 is 0 Å². The number of piperidine rings is 1. The third-order valence-electron chi connectivity index (χ3n) is 5.44. The molecule has 1 aliphatic heterocycles. The van der Waals surface area contributed by atoms with E-state index in [0.29, 0.717) is 48.0 Å². The Kier molecular flexibility index (Phi) is 6.55. The fraction of sp³-hybridized carbons (Fsp3) is 0.261. The van der Waals surface area contributed by atoms with Crippen molar-refractivity contribution in [3.63, 3.8) is 0 Å². The monoisotopic (exact) mass is 456 g/mol. The molecule has 0 atom stereocenters. The van der Waals surface area contributed by atoms with E-state index in [1.165, 1.54) is 48.2 Å². The van der Waals surface area contributed by atoms with E-state index in [0.717, 1.165) is 0 Å². The van der Waals surface area contributed by atoms with E-state index in [1.54, 1.807) is 27.8 Å². The molecule has 1 aliphatic rings. The van der Waals surface area contributed by atoms with Gasteiger partial charge in [0.15, 0.2) is 5.16 Å². The molecule has 32 heavy (non-hydrogen) atoms. The van der Waals surface area contributed by atoms with Crippen LogP contribution in [0.15, 0.2) is 59.9 Å². The van der Waals surface area contributed by atoms with Gasteiger partial charge in [-0.3, -0.25) is 14.2 Å². The second-order valence-electron chi connectivity index (χ2n) is 7.49. The Labute approximate surface area is 188 Å². The first kappa shape index (κ1) is 22.0. The summed E-state index contributed by atoms with van der Waals surface area (Å²) in [7, 11) is 0. The van der Waals surface area contributed by atoms with E-state index in [2.05, 4.69) is 10.3 Å². The standard InChI is InChI=1S/C23H22F2N4O2S/c1-32-23-26-14-20(29(23)19-8-6-17(25)7-9-19)22(31)28-12-10-18(11-13-28)27-21(30)15-2-4-16(24)5-3-15/h2-9,14,18H,10-13H2,1H3,(H,27,30). The second-order valence-corrected chi connectivity index (χ2v) is 8.26. The highest BCUT2D eigenvalue weighted by Crippen LogP contribution is 2.24. The van der Waals surface area contributed by atoms with Gasteiger partial charge in [-0.15, -0.1) is 0 Å². The van der Waals surface area contributed by atoms with Crippen LogP contribution in [0.3, 0.4) is 0 Å². The lowest BCUT2D eigenvalue weighted by Crippen LogP contribution is -2.46. The summed E-state index contributed by atoms with van der Waals surface area (Å²) < 4.78 is 28.1. The first-order chi connectivity index (χ1) is 15.5. The van der Waals surface area contributed by atoms with Gasteiger partial charge in [-0.2, -0.15) is 0 Å². The molecule has 2 heterocycles. The van der Waals surface area contributed by atoms with Crippen LogP contribution in [-0.4, -0.2) is 51.7 Å². The summed E-state index contributed by atoms with van der Waals surface area (Å²) in [5.74, 6) is -1.16. The predicted octanol–water partition coefficient (Wildman–Crippen LogP) is 3.91. The average molecular weight is 457 g/mol. The lowest BCUT2D eigenvalue weighted by atomic mass is 10.0. The number of hydrogen-bond acceptors (Lipinski definition) is 4. The number of hydrogen-bond donors (Lipinski definition) is 1. The van der Waals surface area contributed by atoms with E-state index in [9.17, 15) is 18.4 Å². The number of imidazole rings is 1. The molecule has 1 N–H and O–H groups in total. The number of nitrogens with zero attached hydrogens (tertiary/aromatic N) is 3. The molecule has 1 aromatic heterocycles.